The molecule has 4 aliphatic rings. The second-order valence-corrected chi connectivity index (χ2v) is 13.5. The van der Waals surface area contributed by atoms with Crippen LogP contribution in [0.2, 0.25) is 0 Å². The van der Waals surface area contributed by atoms with Crippen LogP contribution in [0.25, 0.3) is 0 Å². The minimum atomic E-state index is -1.77. The number of benzene rings is 1. The number of esters is 2. The van der Waals surface area contributed by atoms with E-state index in [-0.39, 0.29) is 36.2 Å². The molecule has 44 heavy (non-hydrogen) atoms. The lowest BCUT2D eigenvalue weighted by atomic mass is 9.45. The number of hydrogen-bond acceptors (Lipinski definition) is 10. The Morgan fingerprint density at radius 3 is 2.48 bits per heavy atom. The fraction of sp³-hybridized carbons (Fsp3) is 0.562. The highest BCUT2D eigenvalue weighted by Gasteiger charge is 2.76. The summed E-state index contributed by atoms with van der Waals surface area (Å²) >= 11 is 7.54. The number of carbonyl (C=O) groups is 4. The van der Waals surface area contributed by atoms with Gasteiger partial charge in [-0.05, 0) is 67.4 Å². The van der Waals surface area contributed by atoms with E-state index in [1.54, 1.807) is 12.2 Å². The van der Waals surface area contributed by atoms with Crippen LogP contribution in [0.3, 0.4) is 0 Å². The number of ether oxygens (including phenoxy) is 2. The predicted octanol–water partition coefficient (Wildman–Crippen LogP) is 4.31. The van der Waals surface area contributed by atoms with Gasteiger partial charge in [0.2, 0.25) is 5.78 Å². The van der Waals surface area contributed by atoms with Crippen LogP contribution in [-0.4, -0.2) is 56.9 Å². The van der Waals surface area contributed by atoms with E-state index in [1.807, 2.05) is 20.8 Å². The Balaban J connectivity index is 1.54. The average Bonchev–Trinajstić information content (AvgIpc) is 3.18. The number of hydrogen-bond donors (Lipinski definition) is 1. The minimum Gasteiger partial charge on any atom is -0.458 e. The van der Waals surface area contributed by atoms with Crippen molar-refractivity contribution in [2.45, 2.75) is 76.6 Å². The summed E-state index contributed by atoms with van der Waals surface area (Å²) in [5, 5.41) is 21.6. The Labute approximate surface area is 259 Å². The van der Waals surface area contributed by atoms with Crippen LogP contribution in [0.15, 0.2) is 48.1 Å². The molecule has 0 aromatic heterocycles. The smallest absolute Gasteiger partial charge is 0.339 e. The van der Waals surface area contributed by atoms with Gasteiger partial charge in [0.05, 0.1) is 16.5 Å². The van der Waals surface area contributed by atoms with Crippen molar-refractivity contribution in [2.24, 2.45) is 28.6 Å². The fourth-order valence-corrected chi connectivity index (χ4v) is 9.27. The maximum absolute atomic E-state index is 14.2. The van der Waals surface area contributed by atoms with Gasteiger partial charge < -0.3 is 19.4 Å². The summed E-state index contributed by atoms with van der Waals surface area (Å²) in [6, 6.07) is 5.82. The zero-order valence-corrected chi connectivity index (χ0v) is 25.8. The highest BCUT2D eigenvalue weighted by Crippen LogP contribution is 2.72. The molecule has 3 saturated carbocycles. The van der Waals surface area contributed by atoms with Crippen molar-refractivity contribution < 1.29 is 43.7 Å². The summed E-state index contributed by atoms with van der Waals surface area (Å²) in [5.74, 6) is -3.28. The van der Waals surface area contributed by atoms with Crippen LogP contribution in [0.1, 0.15) is 69.3 Å². The summed E-state index contributed by atoms with van der Waals surface area (Å²) in [6.07, 6.45) is 5.34. The van der Waals surface area contributed by atoms with E-state index in [2.05, 4.69) is 4.84 Å². The molecule has 11 nitrogen and oxygen atoms in total. The van der Waals surface area contributed by atoms with Crippen molar-refractivity contribution in [3.8, 4) is 0 Å². The molecule has 0 heterocycles. The molecule has 0 radical (unpaired) electrons. The molecule has 0 aliphatic heterocycles. The summed E-state index contributed by atoms with van der Waals surface area (Å²) in [5.41, 5.74) is -2.25. The number of allylic oxidation sites excluding steroid dienone is 4. The topological polar surface area (TPSA) is 159 Å². The number of aliphatic hydroxyl groups is 1. The lowest BCUT2D eigenvalue weighted by Crippen LogP contribution is -2.69. The first-order valence-electron chi connectivity index (χ1n) is 14.7. The summed E-state index contributed by atoms with van der Waals surface area (Å²) in [4.78, 5) is 65.6. The van der Waals surface area contributed by atoms with Crippen LogP contribution < -0.4 is 0 Å². The number of fused-ring (bicyclic) bond motifs is 5. The zero-order chi connectivity index (χ0) is 32.2. The van der Waals surface area contributed by atoms with Gasteiger partial charge in [0.1, 0.15) is 6.61 Å². The molecule has 4 aliphatic carbocycles. The van der Waals surface area contributed by atoms with Crippen molar-refractivity contribution in [3.63, 3.8) is 0 Å². The van der Waals surface area contributed by atoms with Crippen LogP contribution >= 0.6 is 11.6 Å². The average molecular weight is 630 g/mol. The Hall–Kier alpha value is -3.57. The molecular weight excluding hydrogens is 594 g/mol. The molecule has 0 saturated heterocycles. The third-order valence-corrected chi connectivity index (χ3v) is 11.7. The number of alkyl halides is 1. The molecule has 5 rings (SSSR count). The van der Waals surface area contributed by atoms with E-state index >= 15 is 0 Å². The standard InChI is InChI=1S/C32H36ClNO10/c1-18-13-25-24-10-9-22-14-23(36)11-12-29(22,3)31(24,33)26(37)15-30(25,4)32(18,27(38)17-42-19(2)35)44-28(39)21-7-5-20(6-8-21)16-43-34(40)41/h5-8,11-12,14,18,24-26,37H,9-10,13,15-17H2,1-4H3/t18-,24?,25?,26+,29+,30+,31+,32+/m1/s1. The second kappa shape index (κ2) is 11.1. The zero-order valence-electron chi connectivity index (χ0n) is 25.0. The number of Topliss-reactive ketones (excluding diaryl/α,β-unsaturated/α-hetero) is 1. The Bertz CT molecular complexity index is 1470. The van der Waals surface area contributed by atoms with E-state index in [0.717, 1.165) is 5.57 Å². The van der Waals surface area contributed by atoms with Gasteiger partial charge >= 0.3 is 11.9 Å². The van der Waals surface area contributed by atoms with Crippen LogP contribution in [-0.2, 0) is 35.3 Å². The molecule has 8 atom stereocenters. The van der Waals surface area contributed by atoms with Crippen molar-refractivity contribution in [1.29, 1.82) is 0 Å². The van der Waals surface area contributed by atoms with E-state index in [1.165, 1.54) is 37.3 Å². The summed E-state index contributed by atoms with van der Waals surface area (Å²) in [6.45, 7) is 5.85. The first kappa shape index (κ1) is 31.8. The largest absolute Gasteiger partial charge is 0.458 e. The molecule has 0 amide bonds. The summed E-state index contributed by atoms with van der Waals surface area (Å²) in [7, 11) is 0. The number of nitrogens with zero attached hydrogens (tertiary/aromatic N) is 1. The monoisotopic (exact) mass is 629 g/mol. The molecule has 2 unspecified atom stereocenters. The van der Waals surface area contributed by atoms with Crippen molar-refractivity contribution >= 4 is 35.1 Å². The quantitative estimate of drug-likeness (QED) is 0.190. The number of ketones is 2. The Morgan fingerprint density at radius 2 is 1.84 bits per heavy atom. The molecule has 0 spiro atoms. The maximum atomic E-state index is 14.2. The minimum absolute atomic E-state index is 0.0168. The number of aliphatic hydroxyl groups excluding tert-OH is 1. The number of rotatable bonds is 8. The Morgan fingerprint density at radius 1 is 1.16 bits per heavy atom. The molecule has 236 valence electrons. The molecule has 1 aromatic carbocycles. The molecule has 3 fully saturated rings. The van der Waals surface area contributed by atoms with Gasteiger partial charge in [0, 0.05) is 23.7 Å². The van der Waals surface area contributed by atoms with Gasteiger partial charge in [-0.15, -0.1) is 21.7 Å². The molecule has 12 heteroatoms. The fourth-order valence-electron chi connectivity index (χ4n) is 8.74. The van der Waals surface area contributed by atoms with E-state index in [9.17, 15) is 34.4 Å². The van der Waals surface area contributed by atoms with Gasteiger partial charge in [-0.25, -0.2) is 4.79 Å². The third kappa shape index (κ3) is 4.67. The third-order valence-electron chi connectivity index (χ3n) is 10.8. The van der Waals surface area contributed by atoms with E-state index < -0.39 is 62.7 Å². The van der Waals surface area contributed by atoms with Gasteiger partial charge in [-0.1, -0.05) is 44.6 Å². The second-order valence-electron chi connectivity index (χ2n) is 12.9. The van der Waals surface area contributed by atoms with Crippen molar-refractivity contribution in [2.75, 3.05) is 6.61 Å². The van der Waals surface area contributed by atoms with Crippen LogP contribution in [0, 0.1) is 38.7 Å². The summed E-state index contributed by atoms with van der Waals surface area (Å²) < 4.78 is 11.4. The molecular formula is C32H36ClNO10. The highest BCUT2D eigenvalue weighted by atomic mass is 35.5. The van der Waals surface area contributed by atoms with Gasteiger partial charge in [0.25, 0.3) is 5.09 Å². The lowest BCUT2D eigenvalue weighted by Gasteiger charge is -2.64. The lowest BCUT2D eigenvalue weighted by molar-refractivity contribution is -0.763. The Kier molecular flexibility index (Phi) is 8.03. The first-order chi connectivity index (χ1) is 20.6. The van der Waals surface area contributed by atoms with Gasteiger partial charge in [-0.3, -0.25) is 14.4 Å². The van der Waals surface area contributed by atoms with Crippen molar-refractivity contribution in [3.05, 3.63) is 69.3 Å². The number of carbonyl (C=O) groups excluding carboxylic acids is 4. The maximum Gasteiger partial charge on any atom is 0.339 e. The normalized spacial score (nSPS) is 37.1. The van der Waals surface area contributed by atoms with E-state index in [4.69, 9.17) is 21.1 Å². The molecule has 1 aromatic rings. The molecule has 0 bridgehead atoms. The highest BCUT2D eigenvalue weighted by molar-refractivity contribution is 6.26. The van der Waals surface area contributed by atoms with Gasteiger partial charge in [0.15, 0.2) is 18.0 Å². The van der Waals surface area contributed by atoms with Gasteiger partial charge in [-0.2, -0.15) is 0 Å². The predicted molar refractivity (Wildman–Crippen MR) is 156 cm³/mol. The van der Waals surface area contributed by atoms with Crippen LogP contribution in [0.4, 0.5) is 0 Å². The first-order valence-corrected chi connectivity index (χ1v) is 15.1. The molecule has 1 N–H and O–H groups in total. The SMILES string of the molecule is CC(=O)OCC(=O)[C@@]1(OC(=O)c2ccc(CO[N+](=O)[O-])cc2)[C@H](C)CC2C3CCC4=CC(=O)C=C[C@]4(C)[C@@]3(Cl)[C@@H](O)C[C@@]21C. The van der Waals surface area contributed by atoms with Crippen LogP contribution in [0.5, 0.6) is 0 Å². The van der Waals surface area contributed by atoms with Crippen molar-refractivity contribution in [1.82, 2.24) is 0 Å². The number of halogens is 1. The van der Waals surface area contributed by atoms with E-state index in [0.29, 0.717) is 24.8 Å².